The highest BCUT2D eigenvalue weighted by atomic mass is 16.2. The van der Waals surface area contributed by atoms with Gasteiger partial charge >= 0.3 is 0 Å². The van der Waals surface area contributed by atoms with E-state index in [0.717, 1.165) is 37.4 Å². The Bertz CT molecular complexity index is 515. The highest BCUT2D eigenvalue weighted by Gasteiger charge is 2.39. The molecule has 2 saturated carbocycles. The molecule has 0 bridgehead atoms. The molecule has 1 aliphatic heterocycles. The molecular weight excluding hydrogens is 252 g/mol. The molecule has 5 heteroatoms. The molecule has 0 atom stereocenters. The van der Waals surface area contributed by atoms with Crippen molar-refractivity contribution in [1.29, 1.82) is 0 Å². The average Bonchev–Trinajstić information content (AvgIpc) is 3.29. The second-order valence-corrected chi connectivity index (χ2v) is 6.37. The molecule has 1 amide bonds. The molecule has 1 saturated heterocycles. The largest absolute Gasteiger partial charge is 0.351 e. The van der Waals surface area contributed by atoms with Crippen molar-refractivity contribution in [2.24, 2.45) is 5.92 Å². The molecule has 3 fully saturated rings. The molecule has 106 valence electrons. The zero-order chi connectivity index (χ0) is 13.7. The van der Waals surface area contributed by atoms with Crippen LogP contribution in [0.25, 0.3) is 0 Å². The minimum Gasteiger partial charge on any atom is -0.351 e. The SMILES string of the molecule is CN(C(=O)C1CC1)C1CN(c2ccc(C3CC3)nn2)C1. The Labute approximate surface area is 119 Å². The van der Waals surface area contributed by atoms with Gasteiger partial charge in [-0.3, -0.25) is 4.79 Å². The first-order valence-electron chi connectivity index (χ1n) is 7.57. The third-order valence-corrected chi connectivity index (χ3v) is 4.67. The van der Waals surface area contributed by atoms with Crippen LogP contribution in [0.5, 0.6) is 0 Å². The van der Waals surface area contributed by atoms with Gasteiger partial charge in [0.15, 0.2) is 5.82 Å². The van der Waals surface area contributed by atoms with E-state index in [4.69, 9.17) is 0 Å². The topological polar surface area (TPSA) is 49.3 Å². The van der Waals surface area contributed by atoms with Crippen molar-refractivity contribution in [3.63, 3.8) is 0 Å². The molecule has 0 radical (unpaired) electrons. The first-order valence-corrected chi connectivity index (χ1v) is 7.57. The zero-order valence-electron chi connectivity index (χ0n) is 11.8. The standard InChI is InChI=1S/C15H20N4O/c1-18(15(20)11-4-5-11)12-8-19(9-12)14-7-6-13(16-17-14)10-2-3-10/h6-7,10-12H,2-5,8-9H2,1H3. The van der Waals surface area contributed by atoms with Gasteiger partial charge in [0.05, 0.1) is 11.7 Å². The number of anilines is 1. The van der Waals surface area contributed by atoms with Gasteiger partial charge in [0.25, 0.3) is 0 Å². The van der Waals surface area contributed by atoms with Crippen molar-refractivity contribution >= 4 is 11.7 Å². The molecule has 2 aliphatic carbocycles. The summed E-state index contributed by atoms with van der Waals surface area (Å²) in [6.45, 7) is 1.76. The summed E-state index contributed by atoms with van der Waals surface area (Å²) >= 11 is 0. The lowest BCUT2D eigenvalue weighted by atomic mass is 10.1. The number of aromatic nitrogens is 2. The van der Waals surface area contributed by atoms with Crippen molar-refractivity contribution in [1.82, 2.24) is 15.1 Å². The molecule has 2 heterocycles. The summed E-state index contributed by atoms with van der Waals surface area (Å²) in [6, 6.07) is 4.51. The zero-order valence-corrected chi connectivity index (χ0v) is 11.8. The Morgan fingerprint density at radius 3 is 2.50 bits per heavy atom. The minimum atomic E-state index is 0.312. The Hall–Kier alpha value is -1.65. The van der Waals surface area contributed by atoms with E-state index in [-0.39, 0.29) is 0 Å². The van der Waals surface area contributed by atoms with Crippen molar-refractivity contribution in [3.05, 3.63) is 17.8 Å². The summed E-state index contributed by atoms with van der Waals surface area (Å²) in [7, 11) is 1.94. The Kier molecular flexibility index (Phi) is 2.69. The summed E-state index contributed by atoms with van der Waals surface area (Å²) in [4.78, 5) is 16.1. The summed E-state index contributed by atoms with van der Waals surface area (Å²) < 4.78 is 0. The van der Waals surface area contributed by atoms with Gasteiger partial charge in [0, 0.05) is 32.0 Å². The minimum absolute atomic E-state index is 0.312. The monoisotopic (exact) mass is 272 g/mol. The molecule has 0 unspecified atom stereocenters. The van der Waals surface area contributed by atoms with Crippen molar-refractivity contribution in [2.45, 2.75) is 37.6 Å². The van der Waals surface area contributed by atoms with Gasteiger partial charge < -0.3 is 9.80 Å². The fraction of sp³-hybridized carbons (Fsp3) is 0.667. The van der Waals surface area contributed by atoms with Gasteiger partial charge in [-0.1, -0.05) is 0 Å². The number of hydrogen-bond donors (Lipinski definition) is 0. The normalized spacial score (nSPS) is 22.6. The lowest BCUT2D eigenvalue weighted by Gasteiger charge is -2.44. The summed E-state index contributed by atoms with van der Waals surface area (Å²) in [5, 5.41) is 8.64. The van der Waals surface area contributed by atoms with Crippen molar-refractivity contribution in [2.75, 3.05) is 25.0 Å². The van der Waals surface area contributed by atoms with Gasteiger partial charge in [0.2, 0.25) is 5.91 Å². The van der Waals surface area contributed by atoms with Crippen molar-refractivity contribution < 1.29 is 4.79 Å². The van der Waals surface area contributed by atoms with E-state index < -0.39 is 0 Å². The van der Waals surface area contributed by atoms with E-state index in [9.17, 15) is 4.79 Å². The van der Waals surface area contributed by atoms with Crippen LogP contribution in [0, 0.1) is 5.92 Å². The van der Waals surface area contributed by atoms with Crippen LogP contribution in [-0.2, 0) is 4.79 Å². The van der Waals surface area contributed by atoms with Crippen LogP contribution in [0.1, 0.15) is 37.3 Å². The van der Waals surface area contributed by atoms with Gasteiger partial charge in [0.1, 0.15) is 0 Å². The van der Waals surface area contributed by atoms with Gasteiger partial charge in [-0.15, -0.1) is 5.10 Å². The molecule has 5 nitrogen and oxygen atoms in total. The van der Waals surface area contributed by atoms with E-state index in [2.05, 4.69) is 27.2 Å². The second-order valence-electron chi connectivity index (χ2n) is 6.37. The first-order chi connectivity index (χ1) is 9.72. The van der Waals surface area contributed by atoms with E-state index in [1.54, 1.807) is 0 Å². The Morgan fingerprint density at radius 2 is 1.95 bits per heavy atom. The molecule has 0 spiro atoms. The highest BCUT2D eigenvalue weighted by Crippen LogP contribution is 2.39. The molecule has 3 aliphatic rings. The van der Waals surface area contributed by atoms with Crippen LogP contribution >= 0.6 is 0 Å². The third-order valence-electron chi connectivity index (χ3n) is 4.67. The van der Waals surface area contributed by atoms with Crippen LogP contribution < -0.4 is 4.90 Å². The fourth-order valence-corrected chi connectivity index (χ4v) is 2.79. The predicted molar refractivity (Wildman–Crippen MR) is 75.5 cm³/mol. The van der Waals surface area contributed by atoms with E-state index >= 15 is 0 Å². The molecule has 0 N–H and O–H groups in total. The van der Waals surface area contributed by atoms with Crippen LogP contribution in [-0.4, -0.2) is 47.2 Å². The lowest BCUT2D eigenvalue weighted by molar-refractivity contribution is -0.133. The smallest absolute Gasteiger partial charge is 0.225 e. The van der Waals surface area contributed by atoms with Crippen LogP contribution in [0.2, 0.25) is 0 Å². The molecule has 0 aromatic carbocycles. The molecule has 1 aromatic rings. The second kappa shape index (κ2) is 4.43. The van der Waals surface area contributed by atoms with Crippen LogP contribution in [0.3, 0.4) is 0 Å². The summed E-state index contributed by atoms with van der Waals surface area (Å²) in [5.74, 6) is 2.23. The number of carbonyl (C=O) groups excluding carboxylic acids is 1. The number of nitrogens with zero attached hydrogens (tertiary/aromatic N) is 4. The Balaban J connectivity index is 1.34. The predicted octanol–water partition coefficient (Wildman–Crippen LogP) is 1.41. The molecule has 4 rings (SSSR count). The molecule has 1 aromatic heterocycles. The van der Waals surface area contributed by atoms with E-state index in [1.165, 1.54) is 12.8 Å². The van der Waals surface area contributed by atoms with Crippen LogP contribution in [0.15, 0.2) is 12.1 Å². The van der Waals surface area contributed by atoms with Crippen LogP contribution in [0.4, 0.5) is 5.82 Å². The quantitative estimate of drug-likeness (QED) is 0.831. The Morgan fingerprint density at radius 1 is 1.20 bits per heavy atom. The lowest BCUT2D eigenvalue weighted by Crippen LogP contribution is -2.60. The van der Waals surface area contributed by atoms with E-state index in [0.29, 0.717) is 23.8 Å². The summed E-state index contributed by atoms with van der Waals surface area (Å²) in [6.07, 6.45) is 4.67. The maximum Gasteiger partial charge on any atom is 0.225 e. The first kappa shape index (κ1) is 12.1. The fourth-order valence-electron chi connectivity index (χ4n) is 2.79. The third kappa shape index (κ3) is 2.15. The number of hydrogen-bond acceptors (Lipinski definition) is 4. The number of carbonyl (C=O) groups is 1. The maximum atomic E-state index is 12.0. The van der Waals surface area contributed by atoms with E-state index in [1.807, 2.05) is 11.9 Å². The summed E-state index contributed by atoms with van der Waals surface area (Å²) in [5.41, 5.74) is 1.13. The number of rotatable bonds is 4. The average molecular weight is 272 g/mol. The maximum absolute atomic E-state index is 12.0. The molecular formula is C15H20N4O. The highest BCUT2D eigenvalue weighted by molar-refractivity contribution is 5.81. The number of likely N-dealkylation sites (N-methyl/N-ethyl adjacent to an activating group) is 1. The number of amides is 1. The van der Waals surface area contributed by atoms with Crippen molar-refractivity contribution in [3.8, 4) is 0 Å². The van der Waals surface area contributed by atoms with Gasteiger partial charge in [-0.2, -0.15) is 5.10 Å². The molecule has 20 heavy (non-hydrogen) atoms. The van der Waals surface area contributed by atoms with Gasteiger partial charge in [-0.05, 0) is 37.8 Å². The van der Waals surface area contributed by atoms with Gasteiger partial charge in [-0.25, -0.2) is 0 Å².